The van der Waals surface area contributed by atoms with Crippen molar-refractivity contribution in [3.05, 3.63) is 109 Å². The second-order valence-corrected chi connectivity index (χ2v) is 6.96. The Morgan fingerprint density at radius 1 is 0.862 bits per heavy atom. The summed E-state index contributed by atoms with van der Waals surface area (Å²) in [6, 6.07) is 28.6. The average molecular weight is 380 g/mol. The molecular weight excluding hydrogens is 356 g/mol. The SMILES string of the molecule is C=Cc1ccc(C(CCN)c2nc(-c3ccccc3)c(-c3ccccc3)o2)cc1. The molecule has 1 unspecified atom stereocenters. The smallest absolute Gasteiger partial charge is 0.203 e. The van der Waals surface area contributed by atoms with E-state index < -0.39 is 0 Å². The van der Waals surface area contributed by atoms with Crippen molar-refractivity contribution in [3.8, 4) is 22.6 Å². The summed E-state index contributed by atoms with van der Waals surface area (Å²) in [6.07, 6.45) is 2.60. The Balaban J connectivity index is 1.83. The first kappa shape index (κ1) is 18.9. The molecule has 4 rings (SSSR count). The molecule has 144 valence electrons. The Labute approximate surface area is 171 Å². The number of hydrogen-bond acceptors (Lipinski definition) is 3. The van der Waals surface area contributed by atoms with Gasteiger partial charge in [0.1, 0.15) is 5.69 Å². The fraction of sp³-hybridized carbons (Fsp3) is 0.115. The van der Waals surface area contributed by atoms with Gasteiger partial charge < -0.3 is 10.2 Å². The van der Waals surface area contributed by atoms with Crippen molar-refractivity contribution in [2.24, 2.45) is 5.73 Å². The molecule has 3 heteroatoms. The molecular formula is C26H24N2O. The van der Waals surface area contributed by atoms with Gasteiger partial charge in [0.15, 0.2) is 5.76 Å². The van der Waals surface area contributed by atoms with Crippen LogP contribution in [-0.4, -0.2) is 11.5 Å². The standard InChI is InChI=1S/C26H24N2O/c1-2-19-13-15-20(16-14-19)23(17-18-27)26-28-24(21-9-5-3-6-10-21)25(29-26)22-11-7-4-8-12-22/h2-16,23H,1,17-18,27H2. The van der Waals surface area contributed by atoms with E-state index in [0.717, 1.165) is 40.1 Å². The summed E-state index contributed by atoms with van der Waals surface area (Å²) in [6.45, 7) is 4.38. The second-order valence-electron chi connectivity index (χ2n) is 6.96. The Morgan fingerprint density at radius 2 is 1.48 bits per heavy atom. The minimum atomic E-state index is -0.00112. The zero-order chi connectivity index (χ0) is 20.1. The van der Waals surface area contributed by atoms with E-state index in [4.69, 9.17) is 15.1 Å². The molecule has 1 aromatic heterocycles. The molecule has 0 bridgehead atoms. The summed E-state index contributed by atoms with van der Waals surface area (Å²) in [5.41, 5.74) is 11.1. The first-order valence-corrected chi connectivity index (χ1v) is 9.84. The Bertz CT molecular complexity index is 1010. The van der Waals surface area contributed by atoms with Crippen LogP contribution in [0, 0.1) is 0 Å². The molecule has 3 nitrogen and oxygen atoms in total. The third-order valence-electron chi connectivity index (χ3n) is 5.05. The minimum Gasteiger partial charge on any atom is -0.439 e. The molecule has 1 atom stereocenters. The molecule has 29 heavy (non-hydrogen) atoms. The molecule has 0 aliphatic carbocycles. The highest BCUT2D eigenvalue weighted by atomic mass is 16.4. The zero-order valence-corrected chi connectivity index (χ0v) is 16.3. The minimum absolute atomic E-state index is 0.00112. The van der Waals surface area contributed by atoms with Crippen molar-refractivity contribution in [2.45, 2.75) is 12.3 Å². The number of aromatic nitrogens is 1. The van der Waals surface area contributed by atoms with E-state index in [9.17, 15) is 0 Å². The lowest BCUT2D eigenvalue weighted by atomic mass is 9.94. The first-order chi connectivity index (χ1) is 14.3. The molecule has 0 radical (unpaired) electrons. The van der Waals surface area contributed by atoms with Crippen molar-refractivity contribution in [1.82, 2.24) is 4.98 Å². The van der Waals surface area contributed by atoms with Gasteiger partial charge in [-0.05, 0) is 24.1 Å². The third-order valence-corrected chi connectivity index (χ3v) is 5.05. The van der Waals surface area contributed by atoms with E-state index in [1.165, 1.54) is 0 Å². The molecule has 0 amide bonds. The topological polar surface area (TPSA) is 52.0 Å². The van der Waals surface area contributed by atoms with Gasteiger partial charge in [0, 0.05) is 11.1 Å². The lowest BCUT2D eigenvalue weighted by Crippen LogP contribution is -2.09. The second kappa shape index (κ2) is 8.72. The highest BCUT2D eigenvalue weighted by molar-refractivity contribution is 5.76. The third kappa shape index (κ3) is 4.05. The first-order valence-electron chi connectivity index (χ1n) is 9.84. The van der Waals surface area contributed by atoms with Crippen molar-refractivity contribution < 1.29 is 4.42 Å². The van der Waals surface area contributed by atoms with Crippen LogP contribution in [0.5, 0.6) is 0 Å². The van der Waals surface area contributed by atoms with Crippen LogP contribution in [0.4, 0.5) is 0 Å². The molecule has 2 N–H and O–H groups in total. The van der Waals surface area contributed by atoms with Gasteiger partial charge in [0.25, 0.3) is 0 Å². The van der Waals surface area contributed by atoms with Gasteiger partial charge >= 0.3 is 0 Å². The van der Waals surface area contributed by atoms with E-state index >= 15 is 0 Å². The van der Waals surface area contributed by atoms with Gasteiger partial charge in [-0.25, -0.2) is 4.98 Å². The maximum Gasteiger partial charge on any atom is 0.203 e. The zero-order valence-electron chi connectivity index (χ0n) is 16.3. The van der Waals surface area contributed by atoms with E-state index in [1.807, 2.05) is 54.6 Å². The summed E-state index contributed by atoms with van der Waals surface area (Å²) in [4.78, 5) is 4.95. The highest BCUT2D eigenvalue weighted by Gasteiger charge is 2.24. The molecule has 0 fully saturated rings. The summed E-state index contributed by atoms with van der Waals surface area (Å²) in [7, 11) is 0. The van der Waals surface area contributed by atoms with Crippen molar-refractivity contribution in [1.29, 1.82) is 0 Å². The van der Waals surface area contributed by atoms with E-state index in [-0.39, 0.29) is 5.92 Å². The fourth-order valence-corrected chi connectivity index (χ4v) is 3.53. The van der Waals surface area contributed by atoms with Crippen LogP contribution in [-0.2, 0) is 0 Å². The molecule has 0 aliphatic heterocycles. The maximum absolute atomic E-state index is 6.39. The molecule has 1 heterocycles. The van der Waals surface area contributed by atoms with Crippen molar-refractivity contribution in [3.63, 3.8) is 0 Å². The summed E-state index contributed by atoms with van der Waals surface area (Å²) < 4.78 is 6.39. The van der Waals surface area contributed by atoms with Crippen molar-refractivity contribution >= 4 is 6.08 Å². The monoisotopic (exact) mass is 380 g/mol. The molecule has 4 aromatic rings. The molecule has 0 saturated heterocycles. The van der Waals surface area contributed by atoms with Gasteiger partial charge in [-0.3, -0.25) is 0 Å². The van der Waals surface area contributed by atoms with E-state index in [0.29, 0.717) is 12.4 Å². The van der Waals surface area contributed by atoms with E-state index in [2.05, 4.69) is 43.0 Å². The molecule has 0 aliphatic rings. The van der Waals surface area contributed by atoms with Gasteiger partial charge in [-0.2, -0.15) is 0 Å². The van der Waals surface area contributed by atoms with Gasteiger partial charge in [0.05, 0.1) is 5.92 Å². The number of nitrogens with two attached hydrogens (primary N) is 1. The number of nitrogens with zero attached hydrogens (tertiary/aromatic N) is 1. The van der Waals surface area contributed by atoms with Gasteiger partial charge in [-0.15, -0.1) is 0 Å². The molecule has 0 spiro atoms. The fourth-order valence-electron chi connectivity index (χ4n) is 3.53. The van der Waals surface area contributed by atoms with Gasteiger partial charge in [0.2, 0.25) is 5.89 Å². The maximum atomic E-state index is 6.39. The molecule has 0 saturated carbocycles. The Hall–Kier alpha value is -3.43. The van der Waals surface area contributed by atoms with Crippen LogP contribution in [0.3, 0.4) is 0 Å². The van der Waals surface area contributed by atoms with Crippen LogP contribution in [0.1, 0.15) is 29.4 Å². The summed E-state index contributed by atoms with van der Waals surface area (Å²) in [5.74, 6) is 1.48. The predicted octanol–water partition coefficient (Wildman–Crippen LogP) is 6.13. The summed E-state index contributed by atoms with van der Waals surface area (Å²) >= 11 is 0. The number of rotatable bonds is 7. The van der Waals surface area contributed by atoms with Crippen molar-refractivity contribution in [2.75, 3.05) is 6.54 Å². The Morgan fingerprint density at radius 3 is 2.07 bits per heavy atom. The highest BCUT2D eigenvalue weighted by Crippen LogP contribution is 2.37. The van der Waals surface area contributed by atoms with Gasteiger partial charge in [-0.1, -0.05) is 97.6 Å². The van der Waals surface area contributed by atoms with E-state index in [1.54, 1.807) is 0 Å². The largest absolute Gasteiger partial charge is 0.439 e. The van der Waals surface area contributed by atoms with Crippen LogP contribution >= 0.6 is 0 Å². The lowest BCUT2D eigenvalue weighted by Gasteiger charge is -2.13. The Kier molecular flexibility index (Phi) is 5.68. The van der Waals surface area contributed by atoms with Crippen LogP contribution in [0.2, 0.25) is 0 Å². The average Bonchev–Trinajstić information content (AvgIpc) is 3.24. The number of hydrogen-bond donors (Lipinski definition) is 1. The lowest BCUT2D eigenvalue weighted by molar-refractivity contribution is 0.469. The van der Waals surface area contributed by atoms with Crippen LogP contribution in [0.15, 0.2) is 95.9 Å². The van der Waals surface area contributed by atoms with Crippen LogP contribution in [0.25, 0.3) is 28.7 Å². The van der Waals surface area contributed by atoms with Crippen LogP contribution < -0.4 is 5.73 Å². The quantitative estimate of drug-likeness (QED) is 0.419. The summed E-state index contributed by atoms with van der Waals surface area (Å²) in [5, 5.41) is 0. The predicted molar refractivity (Wildman–Crippen MR) is 119 cm³/mol. The number of oxazole rings is 1. The molecule has 3 aromatic carbocycles. The number of benzene rings is 3. The normalized spacial score (nSPS) is 11.9.